The zero-order valence-electron chi connectivity index (χ0n) is 14.2. The molecule has 0 saturated carbocycles. The molecule has 0 aliphatic carbocycles. The molecule has 0 spiro atoms. The Morgan fingerprint density at radius 1 is 1.17 bits per heavy atom. The quantitative estimate of drug-likeness (QED) is 0.716. The van der Waals surface area contributed by atoms with Gasteiger partial charge in [-0.3, -0.25) is 4.72 Å². The van der Waals surface area contributed by atoms with E-state index in [0.717, 1.165) is 24.2 Å². The van der Waals surface area contributed by atoms with E-state index in [1.807, 2.05) is 13.0 Å². The molecule has 2 aromatic rings. The fraction of sp³-hybridized carbons (Fsp3) is 0.353. The standard InChI is InChI=1S/C17H23N3O3S/c1-13-5-7-16(14(2)11-13)24(21,22)20-17-8-6-15(12-19-17)18-9-4-10-23-3/h5-8,11-12,18H,4,9-10H2,1-3H3,(H,19,20). The molecule has 0 bridgehead atoms. The van der Waals surface area contributed by atoms with Crippen molar-refractivity contribution < 1.29 is 13.2 Å². The van der Waals surface area contributed by atoms with Gasteiger partial charge in [-0.25, -0.2) is 13.4 Å². The summed E-state index contributed by atoms with van der Waals surface area (Å²) in [7, 11) is -1.98. The maximum atomic E-state index is 12.5. The summed E-state index contributed by atoms with van der Waals surface area (Å²) in [5.74, 6) is 0.289. The van der Waals surface area contributed by atoms with Crippen LogP contribution in [0.5, 0.6) is 0 Å². The number of ether oxygens (including phenoxy) is 1. The Kier molecular flexibility index (Phi) is 6.16. The number of rotatable bonds is 8. The zero-order valence-corrected chi connectivity index (χ0v) is 15.0. The monoisotopic (exact) mass is 349 g/mol. The number of aryl methyl sites for hydroxylation is 2. The highest BCUT2D eigenvalue weighted by molar-refractivity contribution is 7.92. The first kappa shape index (κ1) is 18.2. The Bertz CT molecular complexity index is 774. The molecule has 0 atom stereocenters. The van der Waals surface area contributed by atoms with Gasteiger partial charge in [0.2, 0.25) is 0 Å². The van der Waals surface area contributed by atoms with Gasteiger partial charge >= 0.3 is 0 Å². The van der Waals surface area contributed by atoms with Crippen LogP contribution in [0.4, 0.5) is 11.5 Å². The molecule has 24 heavy (non-hydrogen) atoms. The molecule has 0 saturated heterocycles. The zero-order chi connectivity index (χ0) is 17.6. The minimum Gasteiger partial charge on any atom is -0.385 e. The molecule has 6 nitrogen and oxygen atoms in total. The van der Waals surface area contributed by atoms with E-state index in [9.17, 15) is 8.42 Å². The number of methoxy groups -OCH3 is 1. The molecule has 1 aromatic carbocycles. The lowest BCUT2D eigenvalue weighted by Gasteiger charge is -2.11. The number of nitrogens with one attached hydrogen (secondary N) is 2. The number of nitrogens with zero attached hydrogens (tertiary/aromatic N) is 1. The number of hydrogen-bond donors (Lipinski definition) is 2. The van der Waals surface area contributed by atoms with Gasteiger partial charge in [0.05, 0.1) is 16.8 Å². The molecule has 0 aliphatic rings. The summed E-state index contributed by atoms with van der Waals surface area (Å²) in [6.07, 6.45) is 2.49. The predicted molar refractivity (Wildman–Crippen MR) is 95.9 cm³/mol. The van der Waals surface area contributed by atoms with E-state index in [1.165, 1.54) is 0 Å². The number of hydrogen-bond acceptors (Lipinski definition) is 5. The highest BCUT2D eigenvalue weighted by Crippen LogP contribution is 2.20. The van der Waals surface area contributed by atoms with Crippen LogP contribution in [0, 0.1) is 13.8 Å². The van der Waals surface area contributed by atoms with Crippen molar-refractivity contribution in [1.82, 2.24) is 4.98 Å². The van der Waals surface area contributed by atoms with Crippen LogP contribution < -0.4 is 10.0 Å². The molecule has 0 radical (unpaired) electrons. The average molecular weight is 349 g/mol. The number of pyridine rings is 1. The van der Waals surface area contributed by atoms with Crippen LogP contribution in [0.3, 0.4) is 0 Å². The number of anilines is 2. The van der Waals surface area contributed by atoms with Crippen LogP contribution >= 0.6 is 0 Å². The summed E-state index contributed by atoms with van der Waals surface area (Å²) >= 11 is 0. The Morgan fingerprint density at radius 3 is 2.58 bits per heavy atom. The van der Waals surface area contributed by atoms with Gasteiger partial charge in [0, 0.05) is 20.3 Å². The molecule has 0 fully saturated rings. The largest absolute Gasteiger partial charge is 0.385 e. The SMILES string of the molecule is COCCCNc1ccc(NS(=O)(=O)c2ccc(C)cc2C)nc1. The molecule has 1 heterocycles. The van der Waals surface area contributed by atoms with Crippen LogP contribution in [-0.4, -0.2) is 33.7 Å². The highest BCUT2D eigenvalue weighted by atomic mass is 32.2. The molecular weight excluding hydrogens is 326 g/mol. The van der Waals surface area contributed by atoms with Crippen molar-refractivity contribution in [2.24, 2.45) is 0 Å². The Balaban J connectivity index is 2.04. The van der Waals surface area contributed by atoms with Gasteiger partial charge in [0.25, 0.3) is 10.0 Å². The van der Waals surface area contributed by atoms with E-state index >= 15 is 0 Å². The third kappa shape index (κ3) is 4.94. The molecule has 130 valence electrons. The normalized spacial score (nSPS) is 11.3. The fourth-order valence-electron chi connectivity index (χ4n) is 2.30. The van der Waals surface area contributed by atoms with Crippen LogP contribution in [0.25, 0.3) is 0 Å². The van der Waals surface area contributed by atoms with E-state index in [0.29, 0.717) is 12.2 Å². The van der Waals surface area contributed by atoms with E-state index in [2.05, 4.69) is 15.0 Å². The van der Waals surface area contributed by atoms with Gasteiger partial charge in [-0.15, -0.1) is 0 Å². The number of aromatic nitrogens is 1. The molecule has 2 N–H and O–H groups in total. The lowest BCUT2D eigenvalue weighted by Crippen LogP contribution is -2.15. The van der Waals surface area contributed by atoms with Gasteiger partial charge in [0.15, 0.2) is 0 Å². The van der Waals surface area contributed by atoms with E-state index in [1.54, 1.807) is 44.5 Å². The summed E-state index contributed by atoms with van der Waals surface area (Å²) < 4.78 is 32.5. The van der Waals surface area contributed by atoms with E-state index in [4.69, 9.17) is 4.74 Å². The summed E-state index contributed by atoms with van der Waals surface area (Å²) in [5.41, 5.74) is 2.56. The first-order valence-corrected chi connectivity index (χ1v) is 9.19. The van der Waals surface area contributed by atoms with E-state index in [-0.39, 0.29) is 10.7 Å². The van der Waals surface area contributed by atoms with Gasteiger partial charge in [0.1, 0.15) is 5.82 Å². The minimum atomic E-state index is -3.65. The molecule has 2 rings (SSSR count). The molecular formula is C17H23N3O3S. The van der Waals surface area contributed by atoms with Crippen molar-refractivity contribution in [2.75, 3.05) is 30.3 Å². The Morgan fingerprint density at radius 2 is 1.96 bits per heavy atom. The third-order valence-corrected chi connectivity index (χ3v) is 4.99. The summed E-state index contributed by atoms with van der Waals surface area (Å²) in [5, 5.41) is 3.20. The van der Waals surface area contributed by atoms with Crippen molar-refractivity contribution in [2.45, 2.75) is 25.2 Å². The Labute approximate surface area is 143 Å². The second-order valence-corrected chi connectivity index (χ2v) is 7.23. The van der Waals surface area contributed by atoms with Crippen LogP contribution in [0.2, 0.25) is 0 Å². The molecule has 1 aromatic heterocycles. The lowest BCUT2D eigenvalue weighted by molar-refractivity contribution is 0.198. The summed E-state index contributed by atoms with van der Waals surface area (Å²) in [4.78, 5) is 4.41. The topological polar surface area (TPSA) is 80.3 Å². The predicted octanol–water partition coefficient (Wildman–Crippen LogP) is 2.95. The van der Waals surface area contributed by atoms with Crippen molar-refractivity contribution in [1.29, 1.82) is 0 Å². The number of sulfonamides is 1. The maximum Gasteiger partial charge on any atom is 0.263 e. The highest BCUT2D eigenvalue weighted by Gasteiger charge is 2.17. The van der Waals surface area contributed by atoms with Gasteiger partial charge in [-0.2, -0.15) is 0 Å². The van der Waals surface area contributed by atoms with Gasteiger partial charge < -0.3 is 10.1 Å². The second kappa shape index (κ2) is 8.12. The van der Waals surface area contributed by atoms with Crippen molar-refractivity contribution in [3.05, 3.63) is 47.7 Å². The van der Waals surface area contributed by atoms with Crippen LogP contribution in [0.1, 0.15) is 17.5 Å². The lowest BCUT2D eigenvalue weighted by atomic mass is 10.2. The first-order valence-electron chi connectivity index (χ1n) is 7.71. The minimum absolute atomic E-state index is 0.261. The summed E-state index contributed by atoms with van der Waals surface area (Å²) in [6.45, 7) is 5.16. The number of benzene rings is 1. The fourth-order valence-corrected chi connectivity index (χ4v) is 3.54. The molecule has 7 heteroatoms. The smallest absolute Gasteiger partial charge is 0.263 e. The van der Waals surface area contributed by atoms with Crippen molar-refractivity contribution in [3.63, 3.8) is 0 Å². The average Bonchev–Trinajstić information content (AvgIpc) is 2.52. The van der Waals surface area contributed by atoms with E-state index < -0.39 is 10.0 Å². The van der Waals surface area contributed by atoms with Gasteiger partial charge in [-0.1, -0.05) is 17.7 Å². The third-order valence-electron chi connectivity index (χ3n) is 3.48. The molecule has 0 aliphatic heterocycles. The second-order valence-electron chi connectivity index (χ2n) is 5.58. The van der Waals surface area contributed by atoms with Gasteiger partial charge in [-0.05, 0) is 44.0 Å². The maximum absolute atomic E-state index is 12.5. The van der Waals surface area contributed by atoms with Crippen LogP contribution in [0.15, 0.2) is 41.4 Å². The first-order chi connectivity index (χ1) is 11.4. The summed E-state index contributed by atoms with van der Waals surface area (Å²) in [6, 6.07) is 8.66. The van der Waals surface area contributed by atoms with Crippen LogP contribution in [-0.2, 0) is 14.8 Å². The van der Waals surface area contributed by atoms with Crippen molar-refractivity contribution in [3.8, 4) is 0 Å². The molecule has 0 amide bonds. The Hall–Kier alpha value is -2.12. The van der Waals surface area contributed by atoms with Crippen molar-refractivity contribution >= 4 is 21.5 Å². The molecule has 0 unspecified atom stereocenters.